The van der Waals surface area contributed by atoms with E-state index in [1.54, 1.807) is 0 Å². The summed E-state index contributed by atoms with van der Waals surface area (Å²) in [5.74, 6) is 0. The molecule has 0 saturated heterocycles. The van der Waals surface area contributed by atoms with E-state index in [0.29, 0.717) is 0 Å². The minimum Gasteiger partial charge on any atom is -0.309 e. The lowest BCUT2D eigenvalue weighted by molar-refractivity contribution is 1.15. The first-order chi connectivity index (χ1) is 34.7. The van der Waals surface area contributed by atoms with Gasteiger partial charge in [0, 0.05) is 49.4 Å². The van der Waals surface area contributed by atoms with Gasteiger partial charge in [-0.25, -0.2) is 0 Å². The standard InChI is InChI=1S/C66H45N3Si/c1-5-20-46(21-6-1)47-36-40-64-59(42-47)56-31-14-17-34-62(56)67(64)49-38-41-65-60(44-49)57-32-15-18-35-63(57)68(65)50-37-39-58-55-30-13-16-33-61(55)69(66(58)45-50)48-22-19-29-54(43-48)70(51-23-7-2-8-24-51,52-25-9-3-10-26-52)53-27-11-4-12-28-53/h1-45H. The van der Waals surface area contributed by atoms with Gasteiger partial charge in [0.2, 0.25) is 0 Å². The van der Waals surface area contributed by atoms with Crippen LogP contribution >= 0.6 is 0 Å². The smallest absolute Gasteiger partial charge is 0.179 e. The molecule has 0 aliphatic carbocycles. The van der Waals surface area contributed by atoms with Gasteiger partial charge < -0.3 is 13.7 Å². The molecule has 4 heteroatoms. The van der Waals surface area contributed by atoms with E-state index in [4.69, 9.17) is 0 Å². The number of rotatable bonds is 8. The van der Waals surface area contributed by atoms with Crippen molar-refractivity contribution >= 4 is 94.2 Å². The molecule has 11 aromatic carbocycles. The Morgan fingerprint density at radius 3 is 1.16 bits per heavy atom. The molecule has 0 fully saturated rings. The second kappa shape index (κ2) is 16.1. The molecule has 0 bridgehead atoms. The van der Waals surface area contributed by atoms with Crippen molar-refractivity contribution in [2.75, 3.05) is 0 Å². The normalized spacial score (nSPS) is 12.0. The largest absolute Gasteiger partial charge is 0.309 e. The zero-order chi connectivity index (χ0) is 46.2. The van der Waals surface area contributed by atoms with E-state index >= 15 is 0 Å². The second-order valence-electron chi connectivity index (χ2n) is 18.5. The zero-order valence-corrected chi connectivity index (χ0v) is 39.3. The highest BCUT2D eigenvalue weighted by atomic mass is 28.3. The summed E-state index contributed by atoms with van der Waals surface area (Å²) in [7, 11) is -2.79. The van der Waals surface area contributed by atoms with Gasteiger partial charge in [-0.05, 0) is 105 Å². The molecule has 0 radical (unpaired) electrons. The van der Waals surface area contributed by atoms with Gasteiger partial charge in [0.1, 0.15) is 0 Å². The summed E-state index contributed by atoms with van der Waals surface area (Å²) < 4.78 is 7.40. The molecule has 0 amide bonds. The molecular formula is C66H45N3Si. The maximum atomic E-state index is 2.50. The summed E-state index contributed by atoms with van der Waals surface area (Å²) in [6.45, 7) is 0. The average Bonchev–Trinajstić information content (AvgIpc) is 4.07. The van der Waals surface area contributed by atoms with Crippen LogP contribution in [0.3, 0.4) is 0 Å². The van der Waals surface area contributed by atoms with Gasteiger partial charge in [-0.15, -0.1) is 0 Å². The average molecular weight is 908 g/mol. The SMILES string of the molecule is c1ccc(-c2ccc3c(c2)c2ccccc2n3-c2ccc3c(c2)c2ccccc2n3-c2ccc3c4ccccc4n(-c4cccc([Si](c5ccccc5)(c5ccccc5)c5ccccc5)c4)c3c2)cc1. The predicted octanol–water partition coefficient (Wildman–Crippen LogP) is 14.0. The molecule has 0 N–H and O–H groups in total. The molecule has 3 nitrogen and oxygen atoms in total. The lowest BCUT2D eigenvalue weighted by Crippen LogP contribution is -2.74. The van der Waals surface area contributed by atoms with Gasteiger partial charge in [0.25, 0.3) is 0 Å². The molecule has 14 aromatic rings. The van der Waals surface area contributed by atoms with E-state index in [1.165, 1.54) is 97.3 Å². The van der Waals surface area contributed by atoms with E-state index in [2.05, 4.69) is 287 Å². The Kier molecular flexibility index (Phi) is 9.23. The topological polar surface area (TPSA) is 14.8 Å². The molecule has 0 saturated carbocycles. The molecule has 0 aliphatic heterocycles. The third-order valence-corrected chi connectivity index (χ3v) is 19.5. The van der Waals surface area contributed by atoms with Gasteiger partial charge in [-0.1, -0.05) is 200 Å². The van der Waals surface area contributed by atoms with E-state index in [9.17, 15) is 0 Å². The first-order valence-corrected chi connectivity index (χ1v) is 26.2. The summed E-state index contributed by atoms with van der Waals surface area (Å²) >= 11 is 0. The molecule has 328 valence electrons. The third-order valence-electron chi connectivity index (χ3n) is 14.8. The Hall–Kier alpha value is -8.96. The predicted molar refractivity (Wildman–Crippen MR) is 299 cm³/mol. The fourth-order valence-corrected chi connectivity index (χ4v) is 16.5. The Labute approximate surface area is 407 Å². The molecule has 70 heavy (non-hydrogen) atoms. The van der Waals surface area contributed by atoms with Crippen LogP contribution in [0.15, 0.2) is 273 Å². The molecule has 0 spiro atoms. The summed E-state index contributed by atoms with van der Waals surface area (Å²) in [6.07, 6.45) is 0. The number of para-hydroxylation sites is 3. The fourth-order valence-electron chi connectivity index (χ4n) is 11.8. The summed E-state index contributed by atoms with van der Waals surface area (Å²) in [6, 6.07) is 101. The Morgan fingerprint density at radius 1 is 0.200 bits per heavy atom. The monoisotopic (exact) mass is 907 g/mol. The highest BCUT2D eigenvalue weighted by molar-refractivity contribution is 7.19. The van der Waals surface area contributed by atoms with Gasteiger partial charge in [-0.2, -0.15) is 0 Å². The van der Waals surface area contributed by atoms with Crippen molar-refractivity contribution in [3.8, 4) is 28.2 Å². The molecule has 0 aliphatic rings. The summed E-state index contributed by atoms with van der Waals surface area (Å²) in [5, 5.41) is 12.8. The number of benzene rings is 11. The number of nitrogens with zero attached hydrogens (tertiary/aromatic N) is 3. The van der Waals surface area contributed by atoms with Crippen molar-refractivity contribution in [3.63, 3.8) is 0 Å². The lowest BCUT2D eigenvalue weighted by Gasteiger charge is -2.34. The van der Waals surface area contributed by atoms with Crippen molar-refractivity contribution in [1.82, 2.24) is 13.7 Å². The van der Waals surface area contributed by atoms with Crippen molar-refractivity contribution in [2.45, 2.75) is 0 Å². The van der Waals surface area contributed by atoms with E-state index < -0.39 is 8.07 Å². The van der Waals surface area contributed by atoms with Crippen LogP contribution in [0, 0.1) is 0 Å². The first kappa shape index (κ1) is 40.1. The highest BCUT2D eigenvalue weighted by Gasteiger charge is 2.41. The second-order valence-corrected chi connectivity index (χ2v) is 22.3. The van der Waals surface area contributed by atoms with Crippen molar-refractivity contribution < 1.29 is 0 Å². The van der Waals surface area contributed by atoms with Crippen LogP contribution in [0.4, 0.5) is 0 Å². The lowest BCUT2D eigenvalue weighted by atomic mass is 10.0. The molecule has 0 unspecified atom stereocenters. The van der Waals surface area contributed by atoms with Crippen molar-refractivity contribution in [1.29, 1.82) is 0 Å². The summed E-state index contributed by atoms with van der Waals surface area (Å²) in [4.78, 5) is 0. The Bertz CT molecular complexity index is 4180. The maximum Gasteiger partial charge on any atom is 0.179 e. The molecule has 14 rings (SSSR count). The minimum absolute atomic E-state index is 1.12. The number of fused-ring (bicyclic) bond motifs is 9. The van der Waals surface area contributed by atoms with Crippen LogP contribution in [0.2, 0.25) is 0 Å². The quantitative estimate of drug-likeness (QED) is 0.107. The van der Waals surface area contributed by atoms with Gasteiger partial charge in [0.15, 0.2) is 8.07 Å². The minimum atomic E-state index is -2.79. The van der Waals surface area contributed by atoms with Crippen molar-refractivity contribution in [2.24, 2.45) is 0 Å². The van der Waals surface area contributed by atoms with Crippen LogP contribution in [-0.2, 0) is 0 Å². The van der Waals surface area contributed by atoms with Crippen LogP contribution in [0.5, 0.6) is 0 Å². The van der Waals surface area contributed by atoms with Gasteiger partial charge in [0.05, 0.1) is 33.1 Å². The van der Waals surface area contributed by atoms with Crippen LogP contribution in [-0.4, -0.2) is 21.8 Å². The summed E-state index contributed by atoms with van der Waals surface area (Å²) in [5.41, 5.74) is 13.0. The van der Waals surface area contributed by atoms with Crippen LogP contribution in [0.1, 0.15) is 0 Å². The van der Waals surface area contributed by atoms with E-state index in [-0.39, 0.29) is 0 Å². The number of hydrogen-bond acceptors (Lipinski definition) is 0. The van der Waals surface area contributed by atoms with Crippen LogP contribution in [0.25, 0.3) is 93.6 Å². The van der Waals surface area contributed by atoms with Gasteiger partial charge >= 0.3 is 0 Å². The van der Waals surface area contributed by atoms with Gasteiger partial charge in [-0.3, -0.25) is 0 Å². The van der Waals surface area contributed by atoms with E-state index in [0.717, 1.165) is 17.1 Å². The highest BCUT2D eigenvalue weighted by Crippen LogP contribution is 2.40. The maximum absolute atomic E-state index is 2.79. The Morgan fingerprint density at radius 2 is 0.586 bits per heavy atom. The third kappa shape index (κ3) is 6.07. The molecule has 3 aromatic heterocycles. The number of aromatic nitrogens is 3. The van der Waals surface area contributed by atoms with Crippen molar-refractivity contribution in [3.05, 3.63) is 273 Å². The van der Waals surface area contributed by atoms with E-state index in [1.807, 2.05) is 0 Å². The molecule has 0 atom stereocenters. The molecular weight excluding hydrogens is 863 g/mol. The Balaban J connectivity index is 0.966. The first-order valence-electron chi connectivity index (χ1n) is 24.2. The van der Waals surface area contributed by atoms with Crippen LogP contribution < -0.4 is 20.7 Å². The zero-order valence-electron chi connectivity index (χ0n) is 38.3. The fraction of sp³-hybridized carbons (Fsp3) is 0. The number of hydrogen-bond donors (Lipinski definition) is 0. The molecule has 3 heterocycles.